The Kier molecular flexibility index (Phi) is 11.6. The lowest BCUT2D eigenvalue weighted by atomic mass is 10.1. The van der Waals surface area contributed by atoms with Gasteiger partial charge in [-0.3, -0.25) is 4.99 Å². The van der Waals surface area contributed by atoms with E-state index < -0.39 is 0 Å². The van der Waals surface area contributed by atoms with Crippen LogP contribution in [0.4, 0.5) is 5.95 Å². The third kappa shape index (κ3) is 9.37. The highest BCUT2D eigenvalue weighted by Gasteiger charge is 2.03. The smallest absolute Gasteiger partial charge is 0.239 e. The molecule has 6 heteroatoms. The Hall–Kier alpha value is -1.72. The number of nitrogens with zero attached hydrogens (tertiary/aromatic N) is 3. The van der Waals surface area contributed by atoms with Crippen LogP contribution in [-0.2, 0) is 0 Å². The summed E-state index contributed by atoms with van der Waals surface area (Å²) in [5, 5.41) is 9.85. The van der Waals surface area contributed by atoms with Gasteiger partial charge in [0.05, 0.1) is 6.61 Å². The van der Waals surface area contributed by atoms with Crippen LogP contribution in [0.5, 0.6) is 5.88 Å². The van der Waals surface area contributed by atoms with Crippen LogP contribution in [0.2, 0.25) is 0 Å². The first-order valence-electron chi connectivity index (χ1n) is 9.91. The number of ether oxygens (including phenoxy) is 1. The number of hydrogen-bond acceptors (Lipinski definition) is 5. The third-order valence-corrected chi connectivity index (χ3v) is 4.24. The normalized spacial score (nSPS) is 11.8. The maximum Gasteiger partial charge on any atom is 0.239 e. The van der Waals surface area contributed by atoms with Crippen molar-refractivity contribution in [3.63, 3.8) is 0 Å². The summed E-state index contributed by atoms with van der Waals surface area (Å²) in [5.41, 5.74) is 6.04. The fraction of sp³-hybridized carbons (Fsp3) is 0.789. The lowest BCUT2D eigenvalue weighted by Gasteiger charge is -2.06. The average Bonchev–Trinajstić information content (AvgIpc) is 2.60. The molecule has 0 aromatic carbocycles. The minimum atomic E-state index is -0.0105. The fourth-order valence-electron chi connectivity index (χ4n) is 2.79. The van der Waals surface area contributed by atoms with Gasteiger partial charge in [0.2, 0.25) is 11.8 Å². The molecule has 0 spiro atoms. The van der Waals surface area contributed by atoms with E-state index in [0.717, 1.165) is 11.2 Å². The van der Waals surface area contributed by atoms with E-state index in [1.807, 2.05) is 6.92 Å². The van der Waals surface area contributed by atoms with E-state index >= 15 is 0 Å². The Bertz CT molecular complexity index is 529. The SMILES string of the molecule is CCCCCCCCCCCCCN=c1cc(OCC)nc(N)n1O. The number of unbranched alkanes of at least 4 members (excludes halogenated alkanes) is 10. The monoisotopic (exact) mass is 352 g/mol. The van der Waals surface area contributed by atoms with Gasteiger partial charge in [-0.15, -0.1) is 4.73 Å². The first-order valence-corrected chi connectivity index (χ1v) is 9.91. The van der Waals surface area contributed by atoms with Crippen molar-refractivity contribution < 1.29 is 9.94 Å². The molecule has 0 amide bonds. The molecular weight excluding hydrogens is 316 g/mol. The lowest BCUT2D eigenvalue weighted by molar-refractivity contribution is 0.172. The highest BCUT2D eigenvalue weighted by molar-refractivity contribution is 5.21. The summed E-state index contributed by atoms with van der Waals surface area (Å²) < 4.78 is 6.13. The van der Waals surface area contributed by atoms with Crippen LogP contribution >= 0.6 is 0 Å². The van der Waals surface area contributed by atoms with E-state index in [2.05, 4.69) is 16.9 Å². The van der Waals surface area contributed by atoms with Gasteiger partial charge in [0.25, 0.3) is 0 Å². The zero-order valence-electron chi connectivity index (χ0n) is 16.0. The van der Waals surface area contributed by atoms with E-state index in [4.69, 9.17) is 10.5 Å². The number of nitrogens with two attached hydrogens (primary N) is 1. The molecule has 0 bridgehead atoms. The maximum absolute atomic E-state index is 9.85. The summed E-state index contributed by atoms with van der Waals surface area (Å²) in [5.74, 6) is 0.381. The molecule has 0 saturated heterocycles. The van der Waals surface area contributed by atoms with Gasteiger partial charge >= 0.3 is 0 Å². The van der Waals surface area contributed by atoms with Gasteiger partial charge < -0.3 is 15.7 Å². The second kappa shape index (κ2) is 13.6. The van der Waals surface area contributed by atoms with Gasteiger partial charge in [0.1, 0.15) is 0 Å². The predicted molar refractivity (Wildman–Crippen MR) is 102 cm³/mol. The molecule has 1 heterocycles. The van der Waals surface area contributed by atoms with Crippen molar-refractivity contribution in [3.05, 3.63) is 11.6 Å². The molecule has 3 N–H and O–H groups in total. The van der Waals surface area contributed by atoms with E-state index in [9.17, 15) is 5.21 Å². The molecule has 1 aromatic rings. The number of aromatic nitrogens is 2. The van der Waals surface area contributed by atoms with Gasteiger partial charge in [-0.2, -0.15) is 4.98 Å². The van der Waals surface area contributed by atoms with E-state index in [-0.39, 0.29) is 5.95 Å². The maximum atomic E-state index is 9.85. The van der Waals surface area contributed by atoms with Crippen LogP contribution in [-0.4, -0.2) is 28.1 Å². The van der Waals surface area contributed by atoms with Crippen LogP contribution in [0.1, 0.15) is 84.5 Å². The number of anilines is 1. The van der Waals surface area contributed by atoms with Gasteiger partial charge in [-0.05, 0) is 13.3 Å². The summed E-state index contributed by atoms with van der Waals surface area (Å²) in [4.78, 5) is 8.34. The third-order valence-electron chi connectivity index (χ3n) is 4.24. The Balaban J connectivity index is 2.17. The molecule has 0 saturated carbocycles. The van der Waals surface area contributed by atoms with Crippen LogP contribution in [0.3, 0.4) is 0 Å². The van der Waals surface area contributed by atoms with Gasteiger partial charge in [-0.25, -0.2) is 0 Å². The Morgan fingerprint density at radius 3 is 2.12 bits per heavy atom. The Morgan fingerprint density at radius 1 is 1.00 bits per heavy atom. The summed E-state index contributed by atoms with van der Waals surface area (Å²) in [6.45, 7) is 5.31. The van der Waals surface area contributed by atoms with Gasteiger partial charge in [-0.1, -0.05) is 71.1 Å². The molecule has 0 radical (unpaired) electrons. The zero-order valence-corrected chi connectivity index (χ0v) is 16.0. The van der Waals surface area contributed by atoms with E-state index in [1.54, 1.807) is 6.07 Å². The van der Waals surface area contributed by atoms with Crippen LogP contribution < -0.4 is 16.0 Å². The molecule has 1 aromatic heterocycles. The van der Waals surface area contributed by atoms with Crippen molar-refractivity contribution in [3.8, 4) is 5.88 Å². The molecule has 1 rings (SSSR count). The van der Waals surface area contributed by atoms with Crippen molar-refractivity contribution in [2.24, 2.45) is 4.99 Å². The Labute approximate surface area is 152 Å². The van der Waals surface area contributed by atoms with Crippen LogP contribution in [0.25, 0.3) is 0 Å². The van der Waals surface area contributed by atoms with Crippen LogP contribution in [0, 0.1) is 0 Å². The van der Waals surface area contributed by atoms with Crippen LogP contribution in [0.15, 0.2) is 11.1 Å². The topological polar surface area (TPSA) is 85.7 Å². The zero-order chi connectivity index (χ0) is 18.3. The average molecular weight is 353 g/mol. The minimum absolute atomic E-state index is 0.0105. The first-order chi connectivity index (χ1) is 12.2. The van der Waals surface area contributed by atoms with E-state index in [0.29, 0.717) is 24.5 Å². The molecule has 0 fully saturated rings. The molecule has 0 aliphatic heterocycles. The largest absolute Gasteiger partial charge is 0.478 e. The van der Waals surface area contributed by atoms with Crippen molar-refractivity contribution in [2.45, 2.75) is 84.5 Å². The van der Waals surface area contributed by atoms with Crippen molar-refractivity contribution in [1.29, 1.82) is 0 Å². The highest BCUT2D eigenvalue weighted by atomic mass is 16.5. The minimum Gasteiger partial charge on any atom is -0.478 e. The Morgan fingerprint density at radius 2 is 1.56 bits per heavy atom. The summed E-state index contributed by atoms with van der Waals surface area (Å²) in [6.07, 6.45) is 14.3. The highest BCUT2D eigenvalue weighted by Crippen LogP contribution is 2.11. The van der Waals surface area contributed by atoms with Gasteiger partial charge in [0, 0.05) is 12.6 Å². The summed E-state index contributed by atoms with van der Waals surface area (Å²) >= 11 is 0. The van der Waals surface area contributed by atoms with E-state index in [1.165, 1.54) is 64.2 Å². The molecular formula is C19H36N4O2. The number of nitrogen functional groups attached to an aromatic ring is 1. The number of rotatable bonds is 14. The molecule has 144 valence electrons. The van der Waals surface area contributed by atoms with Crippen molar-refractivity contribution >= 4 is 5.95 Å². The van der Waals surface area contributed by atoms with Crippen molar-refractivity contribution in [2.75, 3.05) is 18.9 Å². The van der Waals surface area contributed by atoms with Crippen molar-refractivity contribution in [1.82, 2.24) is 9.71 Å². The molecule has 0 atom stereocenters. The second-order valence-corrected chi connectivity index (χ2v) is 6.47. The molecule has 0 unspecified atom stereocenters. The molecule has 6 nitrogen and oxygen atoms in total. The first kappa shape index (κ1) is 21.3. The predicted octanol–water partition coefficient (Wildman–Crippen LogP) is 4.31. The molecule has 25 heavy (non-hydrogen) atoms. The summed E-state index contributed by atoms with van der Waals surface area (Å²) in [7, 11) is 0. The molecule has 0 aliphatic carbocycles. The van der Waals surface area contributed by atoms with Gasteiger partial charge in [0.15, 0.2) is 5.49 Å². The fourth-order valence-corrected chi connectivity index (χ4v) is 2.79. The quantitative estimate of drug-likeness (QED) is 0.386. The summed E-state index contributed by atoms with van der Waals surface area (Å²) in [6, 6.07) is 1.61. The number of hydrogen-bond donors (Lipinski definition) is 2. The molecule has 0 aliphatic rings. The second-order valence-electron chi connectivity index (χ2n) is 6.47. The lowest BCUT2D eigenvalue weighted by Crippen LogP contribution is -2.23. The standard InChI is InChI=1S/C19H36N4O2/c1-3-5-6-7-8-9-10-11-12-13-14-15-21-17-16-18(25-4-2)22-19(20)23(17)24/h16,24H,3-15H2,1-2H3,(H2,20,22).